The minimum atomic E-state index is -0.649. The van der Waals surface area contributed by atoms with Crippen molar-refractivity contribution >= 4 is 11.8 Å². The van der Waals surface area contributed by atoms with Gasteiger partial charge in [-0.15, -0.1) is 0 Å². The highest BCUT2D eigenvalue weighted by molar-refractivity contribution is 5.94. The Morgan fingerprint density at radius 3 is 2.47 bits per heavy atom. The van der Waals surface area contributed by atoms with Gasteiger partial charge in [0.15, 0.2) is 11.9 Å². The van der Waals surface area contributed by atoms with Crippen LogP contribution in [0, 0.1) is 0 Å². The normalized spacial score (nSPS) is 12.1. The fourth-order valence-corrected chi connectivity index (χ4v) is 1.56. The summed E-state index contributed by atoms with van der Waals surface area (Å²) in [7, 11) is 0. The predicted octanol–water partition coefficient (Wildman–Crippen LogP) is 3.00. The number of carbonyl (C=O) groups is 2. The maximum atomic E-state index is 11.8. The monoisotopic (exact) mass is 264 g/mol. The molecule has 0 heterocycles. The van der Waals surface area contributed by atoms with Gasteiger partial charge in [-0.25, -0.2) is 4.79 Å². The lowest BCUT2D eigenvalue weighted by molar-refractivity contribution is -0.155. The first-order valence-corrected chi connectivity index (χ1v) is 6.42. The number of rotatable bonds is 6. The summed E-state index contributed by atoms with van der Waals surface area (Å²) in [6, 6.07) is 6.79. The van der Waals surface area contributed by atoms with Gasteiger partial charge < -0.3 is 9.47 Å². The number of hydrogen-bond acceptors (Lipinski definition) is 4. The zero-order valence-corrected chi connectivity index (χ0v) is 11.8. The van der Waals surface area contributed by atoms with Gasteiger partial charge in [0.1, 0.15) is 5.75 Å². The Hall–Kier alpha value is -1.84. The number of ether oxygens (including phenoxy) is 2. The van der Waals surface area contributed by atoms with Crippen molar-refractivity contribution in [3.8, 4) is 5.75 Å². The maximum Gasteiger partial charge on any atom is 0.347 e. The van der Waals surface area contributed by atoms with Crippen LogP contribution in [0.1, 0.15) is 44.5 Å². The summed E-state index contributed by atoms with van der Waals surface area (Å²) < 4.78 is 10.7. The number of benzene rings is 1. The van der Waals surface area contributed by atoms with Crippen LogP contribution in [0.5, 0.6) is 5.75 Å². The minimum absolute atomic E-state index is 0.0387. The van der Waals surface area contributed by atoms with Crippen LogP contribution in [-0.2, 0) is 9.53 Å². The lowest BCUT2D eigenvalue weighted by Crippen LogP contribution is -2.30. The molecule has 4 heteroatoms. The molecule has 0 bridgehead atoms. The number of ketones is 1. The standard InChI is InChI=1S/C15H20O4/c1-5-14(15(17)18-10(2)3)19-13-8-6-7-12(9-13)11(4)16/h6-10,14H,5H2,1-4H3. The predicted molar refractivity (Wildman–Crippen MR) is 72.4 cm³/mol. The largest absolute Gasteiger partial charge is 0.479 e. The van der Waals surface area contributed by atoms with Crippen LogP contribution in [0.25, 0.3) is 0 Å². The van der Waals surface area contributed by atoms with Crippen LogP contribution in [0.15, 0.2) is 24.3 Å². The molecule has 0 saturated carbocycles. The third-order valence-corrected chi connectivity index (χ3v) is 2.50. The highest BCUT2D eigenvalue weighted by Crippen LogP contribution is 2.17. The van der Waals surface area contributed by atoms with Crippen LogP contribution in [0.2, 0.25) is 0 Å². The molecule has 0 N–H and O–H groups in total. The summed E-state index contributed by atoms with van der Waals surface area (Å²) in [6.07, 6.45) is -0.311. The van der Waals surface area contributed by atoms with Crippen molar-refractivity contribution < 1.29 is 19.1 Å². The van der Waals surface area contributed by atoms with E-state index in [1.807, 2.05) is 6.92 Å². The van der Waals surface area contributed by atoms with Gasteiger partial charge in [0.25, 0.3) is 0 Å². The van der Waals surface area contributed by atoms with Gasteiger partial charge in [-0.05, 0) is 39.3 Å². The summed E-state index contributed by atoms with van der Waals surface area (Å²) in [6.45, 7) is 6.92. The molecule has 0 spiro atoms. The fourth-order valence-electron chi connectivity index (χ4n) is 1.56. The van der Waals surface area contributed by atoms with E-state index >= 15 is 0 Å². The molecular formula is C15H20O4. The molecule has 1 rings (SSSR count). The van der Waals surface area contributed by atoms with Gasteiger partial charge in [0.05, 0.1) is 6.10 Å². The topological polar surface area (TPSA) is 52.6 Å². The molecule has 0 amide bonds. The lowest BCUT2D eigenvalue weighted by atomic mass is 10.1. The molecule has 0 radical (unpaired) electrons. The molecule has 19 heavy (non-hydrogen) atoms. The first-order valence-electron chi connectivity index (χ1n) is 6.42. The third-order valence-electron chi connectivity index (χ3n) is 2.50. The second-order valence-electron chi connectivity index (χ2n) is 4.58. The molecular weight excluding hydrogens is 244 g/mol. The molecule has 1 unspecified atom stereocenters. The van der Waals surface area contributed by atoms with Crippen molar-refractivity contribution in [3.05, 3.63) is 29.8 Å². The number of Topliss-reactive ketones (excluding diaryl/α,β-unsaturated/α-hetero) is 1. The smallest absolute Gasteiger partial charge is 0.347 e. The van der Waals surface area contributed by atoms with E-state index in [4.69, 9.17) is 9.47 Å². The first kappa shape index (κ1) is 15.2. The van der Waals surface area contributed by atoms with Crippen molar-refractivity contribution in [2.75, 3.05) is 0 Å². The second kappa shape index (κ2) is 6.92. The maximum absolute atomic E-state index is 11.8. The summed E-state index contributed by atoms with van der Waals surface area (Å²) in [4.78, 5) is 23.1. The van der Waals surface area contributed by atoms with E-state index in [-0.39, 0.29) is 17.9 Å². The Morgan fingerprint density at radius 2 is 1.95 bits per heavy atom. The summed E-state index contributed by atoms with van der Waals surface area (Å²) in [5, 5.41) is 0. The zero-order chi connectivity index (χ0) is 14.4. The molecule has 104 valence electrons. The quantitative estimate of drug-likeness (QED) is 0.585. The number of esters is 1. The number of carbonyl (C=O) groups excluding carboxylic acids is 2. The van der Waals surface area contributed by atoms with E-state index in [1.165, 1.54) is 6.92 Å². The second-order valence-corrected chi connectivity index (χ2v) is 4.58. The van der Waals surface area contributed by atoms with E-state index in [0.29, 0.717) is 17.7 Å². The van der Waals surface area contributed by atoms with E-state index in [1.54, 1.807) is 38.1 Å². The molecule has 1 atom stereocenters. The average Bonchev–Trinajstić information content (AvgIpc) is 2.35. The van der Waals surface area contributed by atoms with E-state index in [9.17, 15) is 9.59 Å². The SMILES string of the molecule is CCC(Oc1cccc(C(C)=O)c1)C(=O)OC(C)C. The molecule has 0 saturated heterocycles. The van der Waals surface area contributed by atoms with Gasteiger partial charge in [0.2, 0.25) is 0 Å². The Balaban J connectivity index is 2.78. The van der Waals surface area contributed by atoms with Crippen molar-refractivity contribution in [2.45, 2.75) is 46.3 Å². The van der Waals surface area contributed by atoms with Crippen molar-refractivity contribution in [1.29, 1.82) is 0 Å². The molecule has 1 aromatic rings. The molecule has 0 fully saturated rings. The first-order chi connectivity index (χ1) is 8.93. The zero-order valence-electron chi connectivity index (χ0n) is 11.8. The van der Waals surface area contributed by atoms with Crippen LogP contribution in [-0.4, -0.2) is 24.0 Å². The summed E-state index contributed by atoms with van der Waals surface area (Å²) >= 11 is 0. The third kappa shape index (κ3) is 4.73. The Morgan fingerprint density at radius 1 is 1.26 bits per heavy atom. The Kier molecular flexibility index (Phi) is 5.55. The van der Waals surface area contributed by atoms with Gasteiger partial charge in [-0.2, -0.15) is 0 Å². The van der Waals surface area contributed by atoms with Gasteiger partial charge in [0, 0.05) is 5.56 Å². The van der Waals surface area contributed by atoms with Crippen LogP contribution in [0.4, 0.5) is 0 Å². The molecule has 4 nitrogen and oxygen atoms in total. The van der Waals surface area contributed by atoms with Crippen molar-refractivity contribution in [2.24, 2.45) is 0 Å². The van der Waals surface area contributed by atoms with E-state index < -0.39 is 6.10 Å². The molecule has 0 aliphatic heterocycles. The number of hydrogen-bond donors (Lipinski definition) is 0. The Bertz CT molecular complexity index is 451. The average molecular weight is 264 g/mol. The van der Waals surface area contributed by atoms with Crippen molar-refractivity contribution in [1.82, 2.24) is 0 Å². The Labute approximate surface area is 113 Å². The van der Waals surface area contributed by atoms with Gasteiger partial charge in [-0.1, -0.05) is 19.1 Å². The highest BCUT2D eigenvalue weighted by atomic mass is 16.6. The molecule has 0 aromatic heterocycles. The van der Waals surface area contributed by atoms with Crippen LogP contribution < -0.4 is 4.74 Å². The molecule has 0 aliphatic rings. The van der Waals surface area contributed by atoms with Crippen LogP contribution in [0.3, 0.4) is 0 Å². The van der Waals surface area contributed by atoms with E-state index in [0.717, 1.165) is 0 Å². The minimum Gasteiger partial charge on any atom is -0.479 e. The molecule has 1 aromatic carbocycles. The van der Waals surface area contributed by atoms with Gasteiger partial charge >= 0.3 is 5.97 Å². The fraction of sp³-hybridized carbons (Fsp3) is 0.467. The lowest BCUT2D eigenvalue weighted by Gasteiger charge is -2.18. The van der Waals surface area contributed by atoms with Crippen LogP contribution >= 0.6 is 0 Å². The van der Waals surface area contributed by atoms with Crippen molar-refractivity contribution in [3.63, 3.8) is 0 Å². The van der Waals surface area contributed by atoms with Gasteiger partial charge in [-0.3, -0.25) is 4.79 Å². The highest BCUT2D eigenvalue weighted by Gasteiger charge is 2.21. The molecule has 0 aliphatic carbocycles. The summed E-state index contributed by atoms with van der Waals surface area (Å²) in [5.74, 6) is 0.0780. The van der Waals surface area contributed by atoms with E-state index in [2.05, 4.69) is 0 Å². The summed E-state index contributed by atoms with van der Waals surface area (Å²) in [5.41, 5.74) is 0.560.